The summed E-state index contributed by atoms with van der Waals surface area (Å²) in [5, 5.41) is 0. The SMILES string of the molecule is CSC1=C(OC(C)=O)C(=C2SSC(SC)=C2OC(C)=O)SS1. The fraction of sp³-hybridized carbons (Fsp3) is 0.333. The highest BCUT2D eigenvalue weighted by Gasteiger charge is 2.34. The Morgan fingerprint density at radius 2 is 1.14 bits per heavy atom. The summed E-state index contributed by atoms with van der Waals surface area (Å²) in [6.07, 6.45) is 3.87. The normalized spacial score (nSPS) is 21.6. The first-order valence-electron chi connectivity index (χ1n) is 5.85. The summed E-state index contributed by atoms with van der Waals surface area (Å²) in [6.45, 7) is 2.77. The van der Waals surface area contributed by atoms with Gasteiger partial charge in [-0.05, 0) is 55.7 Å². The van der Waals surface area contributed by atoms with Crippen LogP contribution in [0.5, 0.6) is 0 Å². The highest BCUT2D eigenvalue weighted by Crippen LogP contribution is 2.62. The predicted molar refractivity (Wildman–Crippen MR) is 102 cm³/mol. The van der Waals surface area contributed by atoms with E-state index in [1.807, 2.05) is 12.5 Å². The van der Waals surface area contributed by atoms with E-state index in [0.29, 0.717) is 11.5 Å². The van der Waals surface area contributed by atoms with E-state index in [1.54, 1.807) is 21.6 Å². The highest BCUT2D eigenvalue weighted by atomic mass is 33.1. The van der Waals surface area contributed by atoms with Gasteiger partial charge in [-0.1, -0.05) is 0 Å². The van der Waals surface area contributed by atoms with Crippen LogP contribution < -0.4 is 0 Å². The summed E-state index contributed by atoms with van der Waals surface area (Å²) >= 11 is 3.06. The maximum Gasteiger partial charge on any atom is 0.308 e. The minimum Gasteiger partial charge on any atom is -0.424 e. The molecule has 0 fully saturated rings. The molecule has 2 aliphatic heterocycles. The second-order valence-corrected chi connectivity index (χ2v) is 10.3. The fourth-order valence-electron chi connectivity index (χ4n) is 1.49. The third kappa shape index (κ3) is 4.21. The smallest absolute Gasteiger partial charge is 0.308 e. The zero-order valence-electron chi connectivity index (χ0n) is 12.1. The molecule has 0 radical (unpaired) electrons. The van der Waals surface area contributed by atoms with Crippen molar-refractivity contribution in [3.05, 3.63) is 29.8 Å². The van der Waals surface area contributed by atoms with Crippen molar-refractivity contribution in [2.45, 2.75) is 13.8 Å². The van der Waals surface area contributed by atoms with Crippen molar-refractivity contribution in [3.63, 3.8) is 0 Å². The van der Waals surface area contributed by atoms with E-state index in [4.69, 9.17) is 9.47 Å². The van der Waals surface area contributed by atoms with E-state index in [2.05, 4.69) is 0 Å². The third-order valence-corrected chi connectivity index (χ3v) is 10.1. The maximum atomic E-state index is 11.4. The molecule has 0 bridgehead atoms. The van der Waals surface area contributed by atoms with Gasteiger partial charge in [-0.25, -0.2) is 0 Å². The number of esters is 2. The van der Waals surface area contributed by atoms with Crippen LogP contribution in [0.3, 0.4) is 0 Å². The number of rotatable bonds is 4. The summed E-state index contributed by atoms with van der Waals surface area (Å²) in [5.74, 6) is 0.401. The molecule has 2 heterocycles. The number of carbonyl (C=O) groups excluding carboxylic acids is 2. The van der Waals surface area contributed by atoms with Crippen LogP contribution in [0.15, 0.2) is 29.8 Å². The molecule has 0 unspecified atom stereocenters. The van der Waals surface area contributed by atoms with Gasteiger partial charge in [0.1, 0.15) is 0 Å². The van der Waals surface area contributed by atoms with Crippen LogP contribution in [0, 0.1) is 0 Å². The molecule has 0 aliphatic carbocycles. The van der Waals surface area contributed by atoms with Crippen LogP contribution in [0.2, 0.25) is 0 Å². The molecule has 0 N–H and O–H groups in total. The van der Waals surface area contributed by atoms with Crippen LogP contribution in [0.25, 0.3) is 0 Å². The molecule has 22 heavy (non-hydrogen) atoms. The summed E-state index contributed by atoms with van der Waals surface area (Å²) in [6, 6.07) is 0. The molecule has 0 saturated carbocycles. The van der Waals surface area contributed by atoms with Crippen molar-refractivity contribution in [1.29, 1.82) is 0 Å². The molecule has 2 aliphatic rings. The van der Waals surface area contributed by atoms with E-state index >= 15 is 0 Å². The van der Waals surface area contributed by atoms with Crippen molar-refractivity contribution < 1.29 is 19.1 Å². The topological polar surface area (TPSA) is 52.6 Å². The molecule has 0 atom stereocenters. The number of carbonyl (C=O) groups is 2. The second-order valence-electron chi connectivity index (χ2n) is 3.82. The quantitative estimate of drug-likeness (QED) is 0.456. The molecule has 0 aromatic heterocycles. The van der Waals surface area contributed by atoms with Gasteiger partial charge < -0.3 is 9.47 Å². The standard InChI is InChI=1S/C12H12O4S6/c1-5(13)15-7-9(19-21-11(7)17-3)10-8(16-6(2)14)12(18-4)22-20-10/h1-4H3. The largest absolute Gasteiger partial charge is 0.424 e. The molecule has 4 nitrogen and oxygen atoms in total. The van der Waals surface area contributed by atoms with Gasteiger partial charge in [0, 0.05) is 13.8 Å². The Bertz CT molecular complexity index is 555. The first-order valence-corrected chi connectivity index (χ1v) is 12.6. The summed E-state index contributed by atoms with van der Waals surface area (Å²) < 4.78 is 12.7. The lowest BCUT2D eigenvalue weighted by Gasteiger charge is -2.10. The van der Waals surface area contributed by atoms with Crippen molar-refractivity contribution >= 4 is 78.6 Å². The maximum absolute atomic E-state index is 11.4. The molecular weight excluding hydrogens is 401 g/mol. The molecule has 0 amide bonds. The minimum atomic E-state index is -0.360. The third-order valence-electron chi connectivity index (χ3n) is 2.25. The summed E-state index contributed by atoms with van der Waals surface area (Å²) in [5.41, 5.74) is 0. The Morgan fingerprint density at radius 1 is 0.773 bits per heavy atom. The first-order chi connectivity index (χ1) is 10.5. The Labute approximate surface area is 153 Å². The average Bonchev–Trinajstić information content (AvgIpc) is 3.01. The predicted octanol–water partition coefficient (Wildman–Crippen LogP) is 5.18. The van der Waals surface area contributed by atoms with E-state index in [1.165, 1.54) is 59.0 Å². The van der Waals surface area contributed by atoms with Gasteiger partial charge in [-0.2, -0.15) is 0 Å². The van der Waals surface area contributed by atoms with Crippen LogP contribution in [0.4, 0.5) is 0 Å². The van der Waals surface area contributed by atoms with Gasteiger partial charge >= 0.3 is 11.9 Å². The van der Waals surface area contributed by atoms with Crippen LogP contribution in [-0.4, -0.2) is 24.5 Å². The lowest BCUT2D eigenvalue weighted by atomic mass is 10.4. The van der Waals surface area contributed by atoms with Gasteiger partial charge in [0.15, 0.2) is 11.5 Å². The van der Waals surface area contributed by atoms with Gasteiger partial charge in [0.05, 0.1) is 18.3 Å². The van der Waals surface area contributed by atoms with E-state index < -0.39 is 0 Å². The van der Waals surface area contributed by atoms with Crippen molar-refractivity contribution in [2.75, 3.05) is 12.5 Å². The fourth-order valence-corrected chi connectivity index (χ4v) is 9.25. The molecule has 120 valence electrons. The molecular formula is C12H12O4S6. The highest BCUT2D eigenvalue weighted by molar-refractivity contribution is 8.83. The van der Waals surface area contributed by atoms with E-state index in [9.17, 15) is 9.59 Å². The Hall–Kier alpha value is 0.260. The Balaban J connectivity index is 2.48. The average molecular weight is 413 g/mol. The number of hydrogen-bond acceptors (Lipinski definition) is 10. The zero-order chi connectivity index (χ0) is 16.3. The van der Waals surface area contributed by atoms with Gasteiger partial charge in [0.25, 0.3) is 0 Å². The van der Waals surface area contributed by atoms with Crippen molar-refractivity contribution in [2.24, 2.45) is 0 Å². The summed E-state index contributed by atoms with van der Waals surface area (Å²) in [4.78, 5) is 24.4. The van der Waals surface area contributed by atoms with Crippen LogP contribution >= 0.6 is 66.7 Å². The number of hydrogen-bond donors (Lipinski definition) is 0. The van der Waals surface area contributed by atoms with Gasteiger partial charge in [-0.15, -0.1) is 23.5 Å². The molecule has 2 rings (SSSR count). The number of ether oxygens (including phenoxy) is 2. The molecule has 0 aromatic carbocycles. The second kappa shape index (κ2) is 8.39. The zero-order valence-corrected chi connectivity index (χ0v) is 17.0. The molecule has 0 spiro atoms. The van der Waals surface area contributed by atoms with Crippen LogP contribution in [0.1, 0.15) is 13.8 Å². The van der Waals surface area contributed by atoms with Gasteiger partial charge in [0.2, 0.25) is 0 Å². The monoisotopic (exact) mass is 412 g/mol. The molecule has 10 heteroatoms. The van der Waals surface area contributed by atoms with Crippen molar-refractivity contribution in [3.8, 4) is 0 Å². The van der Waals surface area contributed by atoms with Gasteiger partial charge in [-0.3, -0.25) is 9.59 Å². The Morgan fingerprint density at radius 3 is 1.41 bits per heavy atom. The van der Waals surface area contributed by atoms with Crippen molar-refractivity contribution in [1.82, 2.24) is 0 Å². The van der Waals surface area contributed by atoms with E-state index in [-0.39, 0.29) is 11.9 Å². The first kappa shape index (κ1) is 18.6. The van der Waals surface area contributed by atoms with E-state index in [0.717, 1.165) is 18.3 Å². The lowest BCUT2D eigenvalue weighted by Crippen LogP contribution is -2.04. The summed E-state index contributed by atoms with van der Waals surface area (Å²) in [7, 11) is 6.14. The number of thioether (sulfide) groups is 2. The minimum absolute atomic E-state index is 0.360. The lowest BCUT2D eigenvalue weighted by molar-refractivity contribution is -0.137. The molecule has 0 aromatic rings. The molecule has 0 saturated heterocycles. The van der Waals surface area contributed by atoms with Crippen LogP contribution in [-0.2, 0) is 19.1 Å². The Kier molecular flexibility index (Phi) is 7.09.